The monoisotopic (exact) mass is 352 g/mol. The fourth-order valence-corrected chi connectivity index (χ4v) is 2.11. The molecule has 0 aliphatic heterocycles. The summed E-state index contributed by atoms with van der Waals surface area (Å²) in [6.07, 6.45) is 18.5. The summed E-state index contributed by atoms with van der Waals surface area (Å²) in [6.45, 7) is 2.13. The molecule has 0 heterocycles. The molecule has 0 radical (unpaired) electrons. The van der Waals surface area contributed by atoms with Crippen molar-refractivity contribution in [3.63, 3.8) is 0 Å². The number of unbranched alkanes of at least 4 members (excludes halogenated alkanes) is 3. The molecule has 0 aromatic rings. The highest BCUT2D eigenvalue weighted by Crippen LogP contribution is 2.10. The number of aliphatic carboxylic acids is 1. The maximum Gasteiger partial charge on any atom is 0.303 e. The van der Waals surface area contributed by atoms with Gasteiger partial charge in [-0.1, -0.05) is 44.1 Å². The number of carbonyl (C=O) groups is 1. The molecule has 0 bridgehead atoms. The lowest BCUT2D eigenvalue weighted by molar-refractivity contribution is -0.206. The molecule has 0 amide bonds. The van der Waals surface area contributed by atoms with Gasteiger partial charge in [0.1, 0.15) is 5.76 Å². The summed E-state index contributed by atoms with van der Waals surface area (Å²) in [5, 5.41) is 27.0. The molecule has 3 N–H and O–H groups in total. The molecule has 0 atom stereocenters. The summed E-state index contributed by atoms with van der Waals surface area (Å²) in [5.41, 5.74) is 0. The molecule has 0 unspecified atom stereocenters. The van der Waals surface area contributed by atoms with Gasteiger partial charge in [-0.15, -0.1) is 0 Å². The summed E-state index contributed by atoms with van der Waals surface area (Å²) < 4.78 is 0. The van der Waals surface area contributed by atoms with Crippen molar-refractivity contribution in [2.45, 2.75) is 71.1 Å². The standard InChI is InChI=1S/C20H32O5/c1-2-3-8-15-19(25-24)16-11-6-4-9-13-18(21)14-10-5-7-12-17-20(22)23/h4-6,10,13,16,21,24H,2-3,7-9,11-12,14-15,17H2,1H3,(H,22,23)/b6-4-,10-5-,18-13+,19-16+. The molecule has 0 saturated heterocycles. The average molecular weight is 352 g/mol. The number of allylic oxidation sites excluding steroid dienone is 7. The van der Waals surface area contributed by atoms with Gasteiger partial charge in [0.2, 0.25) is 0 Å². The number of carboxylic acids is 1. The SMILES string of the molecule is CCCCC/C(=C\C/C=C\C/C=C(/O)C/C=C\CCCC(=O)O)OO. The van der Waals surface area contributed by atoms with E-state index in [0.717, 1.165) is 25.7 Å². The molecule has 5 heteroatoms. The number of carboxylic acid groups (broad SMARTS) is 1. The molecular weight excluding hydrogens is 320 g/mol. The maximum atomic E-state index is 10.3. The summed E-state index contributed by atoms with van der Waals surface area (Å²) in [6, 6.07) is 0. The van der Waals surface area contributed by atoms with Gasteiger partial charge in [-0.05, 0) is 44.3 Å². The number of aliphatic hydroxyl groups is 1. The summed E-state index contributed by atoms with van der Waals surface area (Å²) in [4.78, 5) is 14.7. The van der Waals surface area contributed by atoms with Gasteiger partial charge in [0.15, 0.2) is 0 Å². The molecule has 0 spiro atoms. The minimum absolute atomic E-state index is 0.174. The number of rotatable bonds is 15. The molecule has 142 valence electrons. The van der Waals surface area contributed by atoms with Crippen LogP contribution in [0.4, 0.5) is 0 Å². The molecule has 0 rings (SSSR count). The number of aliphatic hydroxyl groups excluding tert-OH is 1. The van der Waals surface area contributed by atoms with Gasteiger partial charge in [-0.2, -0.15) is 0 Å². The van der Waals surface area contributed by atoms with E-state index in [4.69, 9.17) is 10.4 Å². The minimum atomic E-state index is -0.781. The van der Waals surface area contributed by atoms with Crippen molar-refractivity contribution in [3.8, 4) is 0 Å². The zero-order chi connectivity index (χ0) is 18.8. The molecule has 0 fully saturated rings. The highest BCUT2D eigenvalue weighted by molar-refractivity contribution is 5.66. The van der Waals surface area contributed by atoms with Crippen molar-refractivity contribution < 1.29 is 25.2 Å². The van der Waals surface area contributed by atoms with Crippen LogP contribution in [0, 0.1) is 0 Å². The van der Waals surface area contributed by atoms with Crippen molar-refractivity contribution in [1.29, 1.82) is 0 Å². The normalized spacial score (nSPS) is 13.0. The highest BCUT2D eigenvalue weighted by atomic mass is 17.1. The lowest BCUT2D eigenvalue weighted by Gasteiger charge is -2.01. The van der Waals surface area contributed by atoms with Crippen LogP contribution in [0.15, 0.2) is 48.0 Å². The number of hydrogen-bond acceptors (Lipinski definition) is 4. The Morgan fingerprint density at radius 2 is 1.64 bits per heavy atom. The third-order valence-corrected chi connectivity index (χ3v) is 3.54. The van der Waals surface area contributed by atoms with E-state index in [1.807, 2.05) is 30.4 Å². The second kappa shape index (κ2) is 16.8. The van der Waals surface area contributed by atoms with Crippen molar-refractivity contribution >= 4 is 5.97 Å². The van der Waals surface area contributed by atoms with Gasteiger partial charge in [-0.3, -0.25) is 4.79 Å². The van der Waals surface area contributed by atoms with Crippen LogP contribution in [0.1, 0.15) is 71.1 Å². The van der Waals surface area contributed by atoms with Crippen LogP contribution < -0.4 is 0 Å². The van der Waals surface area contributed by atoms with Crippen LogP contribution >= 0.6 is 0 Å². The number of hydrogen-bond donors (Lipinski definition) is 3. The molecule has 0 aliphatic rings. The average Bonchev–Trinajstić information content (AvgIpc) is 2.59. The fraction of sp³-hybridized carbons (Fsp3) is 0.550. The van der Waals surface area contributed by atoms with Crippen LogP contribution in [0.25, 0.3) is 0 Å². The molecule has 25 heavy (non-hydrogen) atoms. The fourth-order valence-electron chi connectivity index (χ4n) is 2.11. The van der Waals surface area contributed by atoms with Gasteiger partial charge in [0.25, 0.3) is 0 Å². The van der Waals surface area contributed by atoms with E-state index in [-0.39, 0.29) is 6.42 Å². The topological polar surface area (TPSA) is 87.0 Å². The Morgan fingerprint density at radius 3 is 2.28 bits per heavy atom. The highest BCUT2D eigenvalue weighted by Gasteiger charge is 1.97. The summed E-state index contributed by atoms with van der Waals surface area (Å²) >= 11 is 0. The van der Waals surface area contributed by atoms with E-state index in [1.54, 1.807) is 6.08 Å². The first-order valence-corrected chi connectivity index (χ1v) is 9.00. The van der Waals surface area contributed by atoms with Crippen molar-refractivity contribution in [3.05, 3.63) is 48.0 Å². The Kier molecular flexibility index (Phi) is 15.5. The predicted molar refractivity (Wildman–Crippen MR) is 100 cm³/mol. The maximum absolute atomic E-state index is 10.3. The van der Waals surface area contributed by atoms with E-state index in [1.165, 1.54) is 0 Å². The summed E-state index contributed by atoms with van der Waals surface area (Å²) in [7, 11) is 0. The Hall–Kier alpha value is -2.01. The Labute approximate surface area is 151 Å². The van der Waals surface area contributed by atoms with Crippen molar-refractivity contribution in [1.82, 2.24) is 0 Å². The van der Waals surface area contributed by atoms with Gasteiger partial charge in [0.05, 0.1) is 5.76 Å². The third-order valence-electron chi connectivity index (χ3n) is 3.54. The van der Waals surface area contributed by atoms with Crippen molar-refractivity contribution in [2.24, 2.45) is 0 Å². The first-order chi connectivity index (χ1) is 12.1. The van der Waals surface area contributed by atoms with Gasteiger partial charge >= 0.3 is 5.97 Å². The zero-order valence-corrected chi connectivity index (χ0v) is 15.2. The van der Waals surface area contributed by atoms with E-state index in [0.29, 0.717) is 43.6 Å². The van der Waals surface area contributed by atoms with Crippen LogP contribution in [-0.2, 0) is 9.68 Å². The summed E-state index contributed by atoms with van der Waals surface area (Å²) in [5.74, 6) is 0.120. The lowest BCUT2D eigenvalue weighted by Crippen LogP contribution is -1.92. The molecule has 0 aromatic carbocycles. The van der Waals surface area contributed by atoms with Crippen LogP contribution in [0.3, 0.4) is 0 Å². The Balaban J connectivity index is 3.90. The molecule has 5 nitrogen and oxygen atoms in total. The van der Waals surface area contributed by atoms with Gasteiger partial charge < -0.3 is 15.1 Å². The second-order valence-electron chi connectivity index (χ2n) is 5.82. The van der Waals surface area contributed by atoms with Crippen LogP contribution in [-0.4, -0.2) is 21.4 Å². The molecule has 0 aromatic heterocycles. The zero-order valence-electron chi connectivity index (χ0n) is 15.2. The van der Waals surface area contributed by atoms with E-state index < -0.39 is 5.97 Å². The smallest absolute Gasteiger partial charge is 0.303 e. The Morgan fingerprint density at radius 1 is 0.920 bits per heavy atom. The Bertz CT molecular complexity index is 461. The van der Waals surface area contributed by atoms with E-state index in [9.17, 15) is 9.90 Å². The quantitative estimate of drug-likeness (QED) is 0.112. The van der Waals surface area contributed by atoms with Crippen molar-refractivity contribution in [2.75, 3.05) is 0 Å². The molecule has 0 saturated carbocycles. The predicted octanol–water partition coefficient (Wildman–Crippen LogP) is 5.92. The third kappa shape index (κ3) is 16.6. The largest absolute Gasteiger partial charge is 0.512 e. The molecule has 0 aliphatic carbocycles. The van der Waals surface area contributed by atoms with E-state index >= 15 is 0 Å². The van der Waals surface area contributed by atoms with Gasteiger partial charge in [-0.25, -0.2) is 5.26 Å². The second-order valence-corrected chi connectivity index (χ2v) is 5.82. The van der Waals surface area contributed by atoms with Crippen LogP contribution in [0.2, 0.25) is 0 Å². The van der Waals surface area contributed by atoms with Crippen LogP contribution in [0.5, 0.6) is 0 Å². The minimum Gasteiger partial charge on any atom is -0.512 e. The lowest BCUT2D eigenvalue weighted by atomic mass is 10.1. The van der Waals surface area contributed by atoms with E-state index in [2.05, 4.69) is 11.8 Å². The first kappa shape index (κ1) is 23.0. The molecular formula is C20H32O5. The first-order valence-electron chi connectivity index (χ1n) is 9.00. The van der Waals surface area contributed by atoms with Gasteiger partial charge in [0, 0.05) is 19.3 Å².